The summed E-state index contributed by atoms with van der Waals surface area (Å²) in [5.41, 5.74) is 1.82. The molecule has 2 fully saturated rings. The van der Waals surface area contributed by atoms with Crippen LogP contribution in [-0.2, 0) is 4.79 Å². The van der Waals surface area contributed by atoms with Crippen molar-refractivity contribution in [2.75, 3.05) is 6.54 Å². The van der Waals surface area contributed by atoms with E-state index in [4.69, 9.17) is 23.2 Å². The van der Waals surface area contributed by atoms with Crippen molar-refractivity contribution in [2.24, 2.45) is 11.3 Å². The van der Waals surface area contributed by atoms with E-state index in [2.05, 4.69) is 26.1 Å². The van der Waals surface area contributed by atoms with Crippen molar-refractivity contribution in [1.82, 2.24) is 14.8 Å². The number of aryl methyl sites for hydroxylation is 1. The van der Waals surface area contributed by atoms with Gasteiger partial charge in [0, 0.05) is 22.6 Å². The van der Waals surface area contributed by atoms with Crippen LogP contribution in [0.2, 0.25) is 10.0 Å². The minimum absolute atomic E-state index is 0.0641. The molecule has 1 spiro atoms. The van der Waals surface area contributed by atoms with Crippen molar-refractivity contribution >= 4 is 40.9 Å². The number of benzene rings is 1. The van der Waals surface area contributed by atoms with E-state index in [9.17, 15) is 14.4 Å². The molecule has 176 valence electrons. The number of hydrogen-bond acceptors (Lipinski definition) is 3. The maximum atomic E-state index is 13.4. The Labute approximate surface area is 204 Å². The third-order valence-electron chi connectivity index (χ3n) is 6.82. The number of halogens is 2. The molecule has 4 rings (SSSR count). The standard InChI is InChI=1S/C25H29Cl2N3O3/c1-14-10-24(4,5)13-25(11-14)22(32)29(23(33)28-25)12-21(31)18-8-15(2)30(16(18)3)17-6-7-19(26)20(27)9-17/h6-9,14H,10-13H2,1-5H3,(H,28,33)/t14-,25-/m1/s1. The number of Topliss-reactive ketones (excluding diaryl/α,β-unsaturated/α-hetero) is 1. The van der Waals surface area contributed by atoms with Crippen LogP contribution in [0.4, 0.5) is 4.79 Å². The zero-order chi connectivity index (χ0) is 24.3. The summed E-state index contributed by atoms with van der Waals surface area (Å²) >= 11 is 12.2. The fourth-order valence-electron chi connectivity index (χ4n) is 5.94. The summed E-state index contributed by atoms with van der Waals surface area (Å²) in [6.45, 7) is 9.79. The molecule has 1 aliphatic heterocycles. The van der Waals surface area contributed by atoms with E-state index in [1.807, 2.05) is 24.5 Å². The zero-order valence-electron chi connectivity index (χ0n) is 19.6. The molecule has 2 heterocycles. The quantitative estimate of drug-likeness (QED) is 0.440. The molecule has 1 aromatic heterocycles. The van der Waals surface area contributed by atoms with Crippen molar-refractivity contribution in [3.63, 3.8) is 0 Å². The molecule has 1 saturated carbocycles. The number of rotatable bonds is 4. The van der Waals surface area contributed by atoms with E-state index in [-0.39, 0.29) is 23.7 Å². The van der Waals surface area contributed by atoms with Crippen molar-refractivity contribution in [3.8, 4) is 5.69 Å². The molecule has 0 unspecified atom stereocenters. The van der Waals surface area contributed by atoms with Gasteiger partial charge in [0.25, 0.3) is 5.91 Å². The lowest BCUT2D eigenvalue weighted by Crippen LogP contribution is -2.54. The van der Waals surface area contributed by atoms with Gasteiger partial charge in [-0.25, -0.2) is 4.79 Å². The molecule has 1 aliphatic carbocycles. The average molecular weight is 490 g/mol. The second kappa shape index (κ2) is 8.17. The highest BCUT2D eigenvalue weighted by atomic mass is 35.5. The van der Waals surface area contributed by atoms with Gasteiger partial charge in [-0.1, -0.05) is 44.0 Å². The van der Waals surface area contributed by atoms with Crippen LogP contribution < -0.4 is 5.32 Å². The van der Waals surface area contributed by atoms with Crippen LogP contribution in [0.25, 0.3) is 5.69 Å². The van der Waals surface area contributed by atoms with E-state index in [0.29, 0.717) is 40.1 Å². The number of nitrogens with one attached hydrogen (secondary N) is 1. The van der Waals surface area contributed by atoms with Crippen molar-refractivity contribution in [3.05, 3.63) is 51.3 Å². The molecular formula is C25H29Cl2N3O3. The Kier molecular flexibility index (Phi) is 5.90. The van der Waals surface area contributed by atoms with Gasteiger partial charge in [-0.05, 0) is 68.7 Å². The van der Waals surface area contributed by atoms with E-state index in [0.717, 1.165) is 22.7 Å². The number of urea groups is 1. The second-order valence-electron chi connectivity index (χ2n) is 10.4. The lowest BCUT2D eigenvalue weighted by Gasteiger charge is -2.43. The normalized spacial score (nSPS) is 24.5. The number of hydrogen-bond donors (Lipinski definition) is 1. The number of nitrogens with zero attached hydrogens (tertiary/aromatic N) is 2. The number of aromatic nitrogens is 1. The van der Waals surface area contributed by atoms with Gasteiger partial charge in [0.2, 0.25) is 0 Å². The van der Waals surface area contributed by atoms with Crippen LogP contribution in [0.15, 0.2) is 24.3 Å². The predicted octanol–water partition coefficient (Wildman–Crippen LogP) is 5.72. The Morgan fingerprint density at radius 1 is 1.12 bits per heavy atom. The first-order valence-electron chi connectivity index (χ1n) is 11.2. The third-order valence-corrected chi connectivity index (χ3v) is 7.56. The minimum Gasteiger partial charge on any atom is -0.323 e. The summed E-state index contributed by atoms with van der Waals surface area (Å²) in [5.74, 6) is -0.268. The first-order valence-corrected chi connectivity index (χ1v) is 11.9. The Hall–Kier alpha value is -2.31. The van der Waals surface area contributed by atoms with Gasteiger partial charge >= 0.3 is 6.03 Å². The molecule has 0 radical (unpaired) electrons. The molecule has 1 saturated heterocycles. The van der Waals surface area contributed by atoms with Gasteiger partial charge in [-0.15, -0.1) is 0 Å². The molecule has 1 aromatic carbocycles. The number of amides is 3. The molecule has 1 N–H and O–H groups in total. The van der Waals surface area contributed by atoms with E-state index in [1.165, 1.54) is 0 Å². The van der Waals surface area contributed by atoms with Gasteiger partial charge in [0.1, 0.15) is 5.54 Å². The van der Waals surface area contributed by atoms with Crippen LogP contribution in [0.3, 0.4) is 0 Å². The number of imide groups is 1. The van der Waals surface area contributed by atoms with Crippen molar-refractivity contribution < 1.29 is 14.4 Å². The maximum absolute atomic E-state index is 13.4. The van der Waals surface area contributed by atoms with Crippen LogP contribution >= 0.6 is 23.2 Å². The van der Waals surface area contributed by atoms with Gasteiger partial charge in [-0.2, -0.15) is 0 Å². The summed E-state index contributed by atoms with van der Waals surface area (Å²) in [6, 6.07) is 6.57. The smallest absolute Gasteiger partial charge is 0.323 e. The fraction of sp³-hybridized carbons (Fsp3) is 0.480. The molecule has 33 heavy (non-hydrogen) atoms. The van der Waals surface area contributed by atoms with Crippen LogP contribution in [0.5, 0.6) is 0 Å². The minimum atomic E-state index is -0.921. The third kappa shape index (κ3) is 4.19. The highest BCUT2D eigenvalue weighted by Crippen LogP contribution is 2.46. The molecular weight excluding hydrogens is 461 g/mol. The molecule has 2 aliphatic rings. The van der Waals surface area contributed by atoms with Gasteiger partial charge in [0.05, 0.1) is 16.6 Å². The molecule has 6 nitrogen and oxygen atoms in total. The Balaban J connectivity index is 1.60. The SMILES string of the molecule is Cc1cc(C(=O)CN2C(=O)N[C@@]3(C[C@H](C)CC(C)(C)C3)C2=O)c(C)n1-c1ccc(Cl)c(Cl)c1. The Morgan fingerprint density at radius 3 is 2.45 bits per heavy atom. The first-order chi connectivity index (χ1) is 15.3. The topological polar surface area (TPSA) is 71.4 Å². The highest BCUT2D eigenvalue weighted by Gasteiger charge is 2.56. The van der Waals surface area contributed by atoms with Crippen LogP contribution in [-0.4, -0.2) is 39.3 Å². The zero-order valence-corrected chi connectivity index (χ0v) is 21.1. The molecule has 3 amide bonds. The van der Waals surface area contributed by atoms with Crippen LogP contribution in [0, 0.1) is 25.2 Å². The highest BCUT2D eigenvalue weighted by molar-refractivity contribution is 6.42. The Bertz CT molecular complexity index is 1170. The van der Waals surface area contributed by atoms with E-state index >= 15 is 0 Å². The predicted molar refractivity (Wildman–Crippen MR) is 129 cm³/mol. The number of ketones is 1. The summed E-state index contributed by atoms with van der Waals surface area (Å²) in [5, 5.41) is 3.80. The summed E-state index contributed by atoms with van der Waals surface area (Å²) in [7, 11) is 0. The van der Waals surface area contributed by atoms with E-state index in [1.54, 1.807) is 18.2 Å². The van der Waals surface area contributed by atoms with Crippen molar-refractivity contribution in [1.29, 1.82) is 0 Å². The van der Waals surface area contributed by atoms with E-state index < -0.39 is 11.6 Å². The summed E-state index contributed by atoms with van der Waals surface area (Å²) in [6.07, 6.45) is 2.17. The number of carbonyl (C=O) groups excluding carboxylic acids is 3. The monoisotopic (exact) mass is 489 g/mol. The van der Waals surface area contributed by atoms with Gasteiger partial charge < -0.3 is 9.88 Å². The van der Waals surface area contributed by atoms with Gasteiger partial charge in [0.15, 0.2) is 5.78 Å². The number of carbonyl (C=O) groups is 3. The van der Waals surface area contributed by atoms with Crippen LogP contribution in [0.1, 0.15) is 61.8 Å². The largest absolute Gasteiger partial charge is 0.325 e. The lowest BCUT2D eigenvalue weighted by atomic mass is 9.64. The van der Waals surface area contributed by atoms with Gasteiger partial charge in [-0.3, -0.25) is 14.5 Å². The average Bonchev–Trinajstić information content (AvgIpc) is 3.10. The first kappa shape index (κ1) is 23.8. The fourth-order valence-corrected chi connectivity index (χ4v) is 6.24. The lowest BCUT2D eigenvalue weighted by molar-refractivity contribution is -0.134. The summed E-state index contributed by atoms with van der Waals surface area (Å²) < 4.78 is 1.91. The molecule has 0 bridgehead atoms. The second-order valence-corrected chi connectivity index (χ2v) is 11.2. The summed E-state index contributed by atoms with van der Waals surface area (Å²) in [4.78, 5) is 40.5. The maximum Gasteiger partial charge on any atom is 0.325 e. The molecule has 8 heteroatoms. The Morgan fingerprint density at radius 2 is 1.82 bits per heavy atom. The molecule has 2 aromatic rings. The van der Waals surface area contributed by atoms with Crippen molar-refractivity contribution in [2.45, 2.75) is 59.4 Å². The molecule has 2 atom stereocenters.